The third-order valence-electron chi connectivity index (χ3n) is 6.01. The zero-order valence-electron chi connectivity index (χ0n) is 17.7. The number of amides is 1. The average molecular weight is 514 g/mol. The van der Waals surface area contributed by atoms with Crippen molar-refractivity contribution >= 4 is 35.8 Å². The number of carbonyl (C=O) groups is 1. The molecule has 3 rings (SSSR count). The molecule has 0 unspecified atom stereocenters. The highest BCUT2D eigenvalue weighted by Crippen LogP contribution is 2.43. The van der Waals surface area contributed by atoms with Crippen molar-refractivity contribution in [1.29, 1.82) is 0 Å². The molecule has 1 aromatic rings. The molecule has 6 nitrogen and oxygen atoms in total. The van der Waals surface area contributed by atoms with Gasteiger partial charge >= 0.3 is 0 Å². The first-order chi connectivity index (χ1) is 13.6. The summed E-state index contributed by atoms with van der Waals surface area (Å²) in [7, 11) is 1.65. The van der Waals surface area contributed by atoms with E-state index in [0.717, 1.165) is 36.9 Å². The van der Waals surface area contributed by atoms with Crippen molar-refractivity contribution in [2.24, 2.45) is 10.4 Å². The van der Waals surface area contributed by atoms with Crippen LogP contribution in [0.1, 0.15) is 51.0 Å². The van der Waals surface area contributed by atoms with Gasteiger partial charge < -0.3 is 20.3 Å². The Bertz CT molecular complexity index is 672. The summed E-state index contributed by atoms with van der Waals surface area (Å²) in [6.45, 7) is 5.66. The van der Waals surface area contributed by atoms with Crippen LogP contribution in [0, 0.1) is 5.41 Å². The summed E-state index contributed by atoms with van der Waals surface area (Å²) in [4.78, 5) is 19.2. The second kappa shape index (κ2) is 11.6. The molecule has 29 heavy (non-hydrogen) atoms. The molecular weight excluding hydrogens is 479 g/mol. The number of hydrogen-bond donors (Lipinski definition) is 2. The van der Waals surface area contributed by atoms with Crippen molar-refractivity contribution in [3.05, 3.63) is 29.8 Å². The standard InChI is InChI=1S/C22H34N4O2.HI/c1-3-23-21(26-14-13-22(17-26)11-5-4-6-12-22)25-16-20(27)24-15-18-7-9-19(28-2)10-8-18;/h7-10H,3-6,11-17H2,1-2H3,(H,23,25)(H,24,27);1H. The van der Waals surface area contributed by atoms with E-state index in [-0.39, 0.29) is 36.4 Å². The van der Waals surface area contributed by atoms with Gasteiger partial charge in [0.15, 0.2) is 5.96 Å². The summed E-state index contributed by atoms with van der Waals surface area (Å²) in [5, 5.41) is 6.32. The summed E-state index contributed by atoms with van der Waals surface area (Å²) in [6, 6.07) is 7.72. The number of guanidine groups is 1. The molecule has 2 N–H and O–H groups in total. The Morgan fingerprint density at radius 3 is 2.52 bits per heavy atom. The van der Waals surface area contributed by atoms with Crippen LogP contribution in [0.15, 0.2) is 29.3 Å². The molecule has 1 amide bonds. The van der Waals surface area contributed by atoms with E-state index in [2.05, 4.69) is 27.4 Å². The molecular formula is C22H35IN4O2. The third-order valence-corrected chi connectivity index (χ3v) is 6.01. The number of halogens is 1. The second-order valence-electron chi connectivity index (χ2n) is 8.03. The molecule has 7 heteroatoms. The smallest absolute Gasteiger partial charge is 0.242 e. The van der Waals surface area contributed by atoms with Crippen LogP contribution in [0.3, 0.4) is 0 Å². The summed E-state index contributed by atoms with van der Waals surface area (Å²) < 4.78 is 5.16. The number of nitrogens with one attached hydrogen (secondary N) is 2. The Hall–Kier alpha value is -1.51. The summed E-state index contributed by atoms with van der Waals surface area (Å²) >= 11 is 0. The monoisotopic (exact) mass is 514 g/mol. The Morgan fingerprint density at radius 1 is 1.14 bits per heavy atom. The van der Waals surface area contributed by atoms with Gasteiger partial charge in [-0.2, -0.15) is 0 Å². The van der Waals surface area contributed by atoms with E-state index < -0.39 is 0 Å². The molecule has 1 aliphatic heterocycles. The quantitative estimate of drug-likeness (QED) is 0.346. The zero-order chi connectivity index (χ0) is 19.8. The van der Waals surface area contributed by atoms with Gasteiger partial charge in [-0.3, -0.25) is 4.79 Å². The minimum atomic E-state index is -0.0576. The fourth-order valence-corrected chi connectivity index (χ4v) is 4.40. The van der Waals surface area contributed by atoms with Gasteiger partial charge in [0.25, 0.3) is 0 Å². The van der Waals surface area contributed by atoms with E-state index >= 15 is 0 Å². The van der Waals surface area contributed by atoms with Crippen LogP contribution in [0.2, 0.25) is 0 Å². The molecule has 0 radical (unpaired) electrons. The molecule has 1 saturated heterocycles. The van der Waals surface area contributed by atoms with Crippen LogP contribution in [0.4, 0.5) is 0 Å². The van der Waals surface area contributed by atoms with Crippen LogP contribution in [0.25, 0.3) is 0 Å². The van der Waals surface area contributed by atoms with E-state index in [1.807, 2.05) is 24.3 Å². The minimum absolute atomic E-state index is 0. The van der Waals surface area contributed by atoms with Crippen molar-refractivity contribution in [2.45, 2.75) is 52.0 Å². The van der Waals surface area contributed by atoms with Gasteiger partial charge in [0.1, 0.15) is 12.3 Å². The highest BCUT2D eigenvalue weighted by atomic mass is 127. The first-order valence-electron chi connectivity index (χ1n) is 10.6. The lowest BCUT2D eigenvalue weighted by molar-refractivity contribution is -0.119. The highest BCUT2D eigenvalue weighted by Gasteiger charge is 2.39. The topological polar surface area (TPSA) is 66.0 Å². The molecule has 0 atom stereocenters. The highest BCUT2D eigenvalue weighted by molar-refractivity contribution is 14.0. The largest absolute Gasteiger partial charge is 0.497 e. The van der Waals surface area contributed by atoms with Crippen molar-refractivity contribution < 1.29 is 9.53 Å². The van der Waals surface area contributed by atoms with Gasteiger partial charge in [0.05, 0.1) is 7.11 Å². The summed E-state index contributed by atoms with van der Waals surface area (Å²) in [5.74, 6) is 1.64. The normalized spacial score (nSPS) is 18.3. The van der Waals surface area contributed by atoms with Crippen molar-refractivity contribution in [1.82, 2.24) is 15.5 Å². The van der Waals surface area contributed by atoms with Crippen LogP contribution < -0.4 is 15.4 Å². The number of nitrogens with zero attached hydrogens (tertiary/aromatic N) is 2. The van der Waals surface area contributed by atoms with E-state index in [1.165, 1.54) is 38.5 Å². The fourth-order valence-electron chi connectivity index (χ4n) is 4.40. The number of benzene rings is 1. The molecule has 162 valence electrons. The number of rotatable bonds is 6. The lowest BCUT2D eigenvalue weighted by Gasteiger charge is -2.33. The Balaban J connectivity index is 0.00000300. The van der Waals surface area contributed by atoms with Crippen molar-refractivity contribution in [2.75, 3.05) is 33.3 Å². The van der Waals surface area contributed by atoms with Crippen LogP contribution >= 0.6 is 24.0 Å². The fraction of sp³-hybridized carbons (Fsp3) is 0.636. The Kier molecular flexibility index (Phi) is 9.52. The summed E-state index contributed by atoms with van der Waals surface area (Å²) in [5.41, 5.74) is 1.52. The number of methoxy groups -OCH3 is 1. The average Bonchev–Trinajstić information content (AvgIpc) is 3.13. The van der Waals surface area contributed by atoms with Crippen molar-refractivity contribution in [3.63, 3.8) is 0 Å². The van der Waals surface area contributed by atoms with E-state index in [0.29, 0.717) is 12.0 Å². The van der Waals surface area contributed by atoms with Gasteiger partial charge in [0, 0.05) is 26.2 Å². The van der Waals surface area contributed by atoms with Gasteiger partial charge in [-0.05, 0) is 49.3 Å². The van der Waals surface area contributed by atoms with E-state index in [4.69, 9.17) is 4.74 Å². The van der Waals surface area contributed by atoms with Crippen LogP contribution in [0.5, 0.6) is 5.75 Å². The molecule has 2 fully saturated rings. The van der Waals surface area contributed by atoms with E-state index in [1.54, 1.807) is 7.11 Å². The molecule has 1 spiro atoms. The first-order valence-corrected chi connectivity index (χ1v) is 10.6. The van der Waals surface area contributed by atoms with Gasteiger partial charge in [-0.1, -0.05) is 31.4 Å². The van der Waals surface area contributed by atoms with Crippen molar-refractivity contribution in [3.8, 4) is 5.75 Å². The number of likely N-dealkylation sites (tertiary alicyclic amines) is 1. The number of aliphatic imine (C=N–C) groups is 1. The third kappa shape index (κ3) is 6.76. The maximum atomic E-state index is 12.3. The molecule has 1 heterocycles. The predicted molar refractivity (Wildman–Crippen MR) is 128 cm³/mol. The molecule has 0 bridgehead atoms. The molecule has 0 aromatic heterocycles. The lowest BCUT2D eigenvalue weighted by atomic mass is 9.73. The molecule has 1 saturated carbocycles. The number of ether oxygens (including phenoxy) is 1. The maximum Gasteiger partial charge on any atom is 0.242 e. The Morgan fingerprint density at radius 2 is 1.86 bits per heavy atom. The number of carbonyl (C=O) groups excluding carboxylic acids is 1. The Labute approximate surface area is 191 Å². The van der Waals surface area contributed by atoms with Gasteiger partial charge in [-0.25, -0.2) is 4.99 Å². The molecule has 1 aromatic carbocycles. The summed E-state index contributed by atoms with van der Waals surface area (Å²) in [6.07, 6.45) is 8.02. The number of hydrogen-bond acceptors (Lipinski definition) is 3. The second-order valence-corrected chi connectivity index (χ2v) is 8.03. The lowest BCUT2D eigenvalue weighted by Crippen LogP contribution is -2.42. The zero-order valence-corrected chi connectivity index (χ0v) is 20.0. The first kappa shape index (κ1) is 23.8. The van der Waals surface area contributed by atoms with Gasteiger partial charge in [-0.15, -0.1) is 24.0 Å². The predicted octanol–water partition coefficient (Wildman–Crippen LogP) is 3.55. The van der Waals surface area contributed by atoms with Gasteiger partial charge in [0.2, 0.25) is 5.91 Å². The van der Waals surface area contributed by atoms with Crippen LogP contribution in [-0.4, -0.2) is 50.1 Å². The van der Waals surface area contributed by atoms with Crippen LogP contribution in [-0.2, 0) is 11.3 Å². The molecule has 2 aliphatic rings. The maximum absolute atomic E-state index is 12.3. The minimum Gasteiger partial charge on any atom is -0.497 e. The van der Waals surface area contributed by atoms with E-state index in [9.17, 15) is 4.79 Å². The SMILES string of the molecule is CCNC(=NCC(=O)NCc1ccc(OC)cc1)N1CCC2(CCCCC2)C1.I. The molecule has 1 aliphatic carbocycles.